The molecule has 0 bridgehead atoms. The number of amides is 1. The minimum absolute atomic E-state index is 0.0912. The van der Waals surface area contributed by atoms with Crippen LogP contribution >= 0.6 is 11.8 Å². The first kappa shape index (κ1) is 15.1. The number of nitrogens with zero attached hydrogens (tertiary/aromatic N) is 1. The van der Waals surface area contributed by atoms with Crippen molar-refractivity contribution in [1.82, 2.24) is 0 Å². The zero-order valence-electron chi connectivity index (χ0n) is 11.2. The van der Waals surface area contributed by atoms with Crippen LogP contribution in [0.2, 0.25) is 0 Å². The van der Waals surface area contributed by atoms with Crippen LogP contribution in [0.25, 0.3) is 0 Å². The molecule has 0 radical (unpaired) electrons. The third kappa shape index (κ3) is 4.61. The van der Waals surface area contributed by atoms with E-state index in [1.165, 1.54) is 17.8 Å². The summed E-state index contributed by atoms with van der Waals surface area (Å²) in [6.07, 6.45) is 0. The number of carbonyl (C=O) groups is 1. The van der Waals surface area contributed by atoms with Gasteiger partial charge in [-0.25, -0.2) is 0 Å². The SMILES string of the molecule is O=C(CSCc1ccccc1[N+](=O)[O-])Nc1ccccc1. The van der Waals surface area contributed by atoms with E-state index >= 15 is 0 Å². The summed E-state index contributed by atoms with van der Waals surface area (Å²) in [5.74, 6) is 0.560. The van der Waals surface area contributed by atoms with E-state index < -0.39 is 4.92 Å². The molecule has 1 N–H and O–H groups in total. The molecule has 21 heavy (non-hydrogen) atoms. The van der Waals surface area contributed by atoms with Gasteiger partial charge in [0, 0.05) is 23.1 Å². The summed E-state index contributed by atoms with van der Waals surface area (Å²) in [5.41, 5.74) is 1.46. The number of hydrogen-bond acceptors (Lipinski definition) is 4. The van der Waals surface area contributed by atoms with Crippen LogP contribution in [0.3, 0.4) is 0 Å². The maximum atomic E-state index is 11.8. The van der Waals surface area contributed by atoms with Crippen LogP contribution < -0.4 is 5.32 Å². The molecule has 6 heteroatoms. The van der Waals surface area contributed by atoms with E-state index in [9.17, 15) is 14.9 Å². The van der Waals surface area contributed by atoms with Crippen molar-refractivity contribution in [2.45, 2.75) is 5.75 Å². The van der Waals surface area contributed by atoms with Crippen LogP contribution in [-0.2, 0) is 10.5 Å². The number of thioether (sulfide) groups is 1. The average Bonchev–Trinajstić information content (AvgIpc) is 2.48. The molecule has 0 atom stereocenters. The highest BCUT2D eigenvalue weighted by molar-refractivity contribution is 7.99. The lowest BCUT2D eigenvalue weighted by Crippen LogP contribution is -2.14. The Balaban J connectivity index is 1.84. The molecular formula is C15H14N2O3S. The maximum Gasteiger partial charge on any atom is 0.273 e. The third-order valence-corrected chi connectivity index (χ3v) is 3.72. The summed E-state index contributed by atoms with van der Waals surface area (Å²) in [7, 11) is 0. The molecular weight excluding hydrogens is 288 g/mol. The van der Waals surface area contributed by atoms with Crippen LogP contribution in [0.4, 0.5) is 11.4 Å². The smallest absolute Gasteiger partial charge is 0.273 e. The van der Waals surface area contributed by atoms with Crippen LogP contribution in [-0.4, -0.2) is 16.6 Å². The minimum Gasteiger partial charge on any atom is -0.325 e. The van der Waals surface area contributed by atoms with Gasteiger partial charge in [0.1, 0.15) is 0 Å². The number of carbonyl (C=O) groups excluding carboxylic acids is 1. The number of para-hydroxylation sites is 2. The average molecular weight is 302 g/mol. The molecule has 1 amide bonds. The standard InChI is InChI=1S/C15H14N2O3S/c18-15(16-13-7-2-1-3-8-13)11-21-10-12-6-4-5-9-14(12)17(19)20/h1-9H,10-11H2,(H,16,18). The number of hydrogen-bond donors (Lipinski definition) is 1. The second-order valence-electron chi connectivity index (χ2n) is 4.29. The van der Waals surface area contributed by atoms with E-state index in [4.69, 9.17) is 0 Å². The lowest BCUT2D eigenvalue weighted by Gasteiger charge is -2.05. The molecule has 5 nitrogen and oxygen atoms in total. The first-order chi connectivity index (χ1) is 10.2. The first-order valence-corrected chi connectivity index (χ1v) is 7.47. The largest absolute Gasteiger partial charge is 0.325 e. The molecule has 0 spiro atoms. The van der Waals surface area contributed by atoms with Crippen LogP contribution in [0.5, 0.6) is 0 Å². The Kier molecular flexibility index (Phi) is 5.34. The molecule has 0 fully saturated rings. The van der Waals surface area contributed by atoms with Gasteiger partial charge in [-0.3, -0.25) is 14.9 Å². The topological polar surface area (TPSA) is 72.2 Å². The van der Waals surface area contributed by atoms with Crippen molar-refractivity contribution >= 4 is 29.0 Å². The van der Waals surface area contributed by atoms with E-state index in [0.717, 1.165) is 5.69 Å². The summed E-state index contributed by atoms with van der Waals surface area (Å²) < 4.78 is 0. The zero-order valence-corrected chi connectivity index (χ0v) is 12.0. The molecule has 108 valence electrons. The van der Waals surface area contributed by atoms with Gasteiger partial charge in [0.2, 0.25) is 5.91 Å². The predicted molar refractivity (Wildman–Crippen MR) is 84.3 cm³/mol. The second-order valence-corrected chi connectivity index (χ2v) is 5.28. The number of rotatable bonds is 6. The fourth-order valence-electron chi connectivity index (χ4n) is 1.78. The van der Waals surface area contributed by atoms with Crippen LogP contribution in [0, 0.1) is 10.1 Å². The quantitative estimate of drug-likeness (QED) is 0.655. The van der Waals surface area contributed by atoms with E-state index in [1.807, 2.05) is 30.3 Å². The lowest BCUT2D eigenvalue weighted by molar-refractivity contribution is -0.385. The summed E-state index contributed by atoms with van der Waals surface area (Å²) in [6.45, 7) is 0. The van der Waals surface area contributed by atoms with Gasteiger partial charge in [-0.2, -0.15) is 0 Å². The molecule has 0 unspecified atom stereocenters. The summed E-state index contributed by atoms with van der Waals surface area (Å²) in [4.78, 5) is 22.2. The van der Waals surface area contributed by atoms with Gasteiger partial charge in [-0.15, -0.1) is 11.8 Å². The van der Waals surface area contributed by atoms with E-state index in [1.54, 1.807) is 18.2 Å². The Bertz CT molecular complexity index is 632. The molecule has 0 aliphatic rings. The summed E-state index contributed by atoms with van der Waals surface area (Å²) in [5, 5.41) is 13.6. The molecule has 2 aromatic rings. The van der Waals surface area contributed by atoms with Crippen molar-refractivity contribution < 1.29 is 9.72 Å². The van der Waals surface area contributed by atoms with Crippen molar-refractivity contribution in [1.29, 1.82) is 0 Å². The Labute approximate surface area is 126 Å². The van der Waals surface area contributed by atoms with E-state index in [-0.39, 0.29) is 17.3 Å². The maximum absolute atomic E-state index is 11.8. The molecule has 0 aliphatic carbocycles. The summed E-state index contributed by atoms with van der Waals surface area (Å²) >= 11 is 1.35. The molecule has 0 saturated heterocycles. The highest BCUT2D eigenvalue weighted by Crippen LogP contribution is 2.22. The second kappa shape index (κ2) is 7.44. The van der Waals surface area contributed by atoms with Crippen molar-refractivity contribution in [2.75, 3.05) is 11.1 Å². The number of nitro groups is 1. The fraction of sp³-hybridized carbons (Fsp3) is 0.133. The Morgan fingerprint density at radius 1 is 1.10 bits per heavy atom. The van der Waals surface area contributed by atoms with Crippen LogP contribution in [0.1, 0.15) is 5.56 Å². The zero-order chi connectivity index (χ0) is 15.1. The number of nitrogens with one attached hydrogen (secondary N) is 1. The van der Waals surface area contributed by atoms with Gasteiger partial charge in [0.15, 0.2) is 0 Å². The Hall–Kier alpha value is -2.34. The van der Waals surface area contributed by atoms with Gasteiger partial charge >= 0.3 is 0 Å². The molecule has 0 aromatic heterocycles. The van der Waals surface area contributed by atoms with Gasteiger partial charge < -0.3 is 5.32 Å². The predicted octanol–water partition coefficient (Wildman–Crippen LogP) is 3.47. The van der Waals surface area contributed by atoms with E-state index in [0.29, 0.717) is 11.3 Å². The van der Waals surface area contributed by atoms with Crippen molar-refractivity contribution in [2.24, 2.45) is 0 Å². The van der Waals surface area contributed by atoms with Crippen molar-refractivity contribution in [3.63, 3.8) is 0 Å². The molecule has 2 aromatic carbocycles. The van der Waals surface area contributed by atoms with Gasteiger partial charge in [-0.1, -0.05) is 36.4 Å². The molecule has 0 heterocycles. The normalized spacial score (nSPS) is 10.1. The Morgan fingerprint density at radius 3 is 2.48 bits per heavy atom. The number of benzene rings is 2. The molecule has 0 aliphatic heterocycles. The fourth-order valence-corrected chi connectivity index (χ4v) is 2.61. The van der Waals surface area contributed by atoms with Gasteiger partial charge in [0.05, 0.1) is 10.7 Å². The third-order valence-electron chi connectivity index (χ3n) is 2.74. The van der Waals surface area contributed by atoms with E-state index in [2.05, 4.69) is 5.32 Å². The van der Waals surface area contributed by atoms with Crippen molar-refractivity contribution in [3.8, 4) is 0 Å². The monoisotopic (exact) mass is 302 g/mol. The van der Waals surface area contributed by atoms with Crippen molar-refractivity contribution in [3.05, 3.63) is 70.3 Å². The number of nitro benzene ring substituents is 1. The highest BCUT2D eigenvalue weighted by atomic mass is 32.2. The van der Waals surface area contributed by atoms with Crippen LogP contribution in [0.15, 0.2) is 54.6 Å². The Morgan fingerprint density at radius 2 is 1.76 bits per heavy atom. The number of anilines is 1. The molecule has 0 saturated carbocycles. The van der Waals surface area contributed by atoms with Gasteiger partial charge in [-0.05, 0) is 12.1 Å². The minimum atomic E-state index is -0.403. The van der Waals surface area contributed by atoms with Gasteiger partial charge in [0.25, 0.3) is 5.69 Å². The molecule has 2 rings (SSSR count). The summed E-state index contributed by atoms with van der Waals surface area (Å²) in [6, 6.07) is 15.8. The highest BCUT2D eigenvalue weighted by Gasteiger charge is 2.12. The first-order valence-electron chi connectivity index (χ1n) is 6.32. The lowest BCUT2D eigenvalue weighted by atomic mass is 10.2.